The number of para-hydroxylation sites is 1. The fourth-order valence-electron chi connectivity index (χ4n) is 2.63. The summed E-state index contributed by atoms with van der Waals surface area (Å²) >= 11 is 0. The van der Waals surface area contributed by atoms with Crippen LogP contribution in [0.1, 0.15) is 31.9 Å². The summed E-state index contributed by atoms with van der Waals surface area (Å²) in [5.74, 6) is 0.893. The second-order valence-electron chi connectivity index (χ2n) is 6.25. The van der Waals surface area contributed by atoms with Gasteiger partial charge in [0.05, 0.1) is 6.54 Å². The monoisotopic (exact) mass is 340 g/mol. The smallest absolute Gasteiger partial charge is 0.318 e. The summed E-state index contributed by atoms with van der Waals surface area (Å²) in [4.78, 5) is 14.3. The number of rotatable bonds is 8. The normalized spacial score (nSPS) is 10.6. The number of hydrogen-bond acceptors (Lipinski definition) is 2. The largest absolute Gasteiger partial charge is 0.491 e. The zero-order chi connectivity index (χ0) is 18.1. The van der Waals surface area contributed by atoms with Crippen LogP contribution in [0.4, 0.5) is 4.79 Å². The Bertz CT molecular complexity index is 656. The van der Waals surface area contributed by atoms with E-state index in [4.69, 9.17) is 4.74 Å². The molecule has 0 atom stereocenters. The van der Waals surface area contributed by atoms with Crippen LogP contribution in [-0.4, -0.2) is 30.1 Å². The number of urea groups is 1. The molecule has 0 aromatic heterocycles. The molecule has 2 aromatic carbocycles. The van der Waals surface area contributed by atoms with Crippen LogP contribution in [0.2, 0.25) is 0 Å². The molecule has 4 nitrogen and oxygen atoms in total. The van der Waals surface area contributed by atoms with Crippen LogP contribution >= 0.6 is 0 Å². The number of ether oxygens (including phenoxy) is 1. The van der Waals surface area contributed by atoms with Crippen molar-refractivity contribution in [1.29, 1.82) is 0 Å². The van der Waals surface area contributed by atoms with Crippen molar-refractivity contribution in [2.75, 3.05) is 13.2 Å². The van der Waals surface area contributed by atoms with E-state index in [2.05, 4.69) is 18.3 Å². The van der Waals surface area contributed by atoms with Crippen LogP contribution in [-0.2, 0) is 13.0 Å². The Morgan fingerprint density at radius 1 is 1.08 bits per heavy atom. The molecule has 0 saturated carbocycles. The summed E-state index contributed by atoms with van der Waals surface area (Å²) in [7, 11) is 0. The zero-order valence-corrected chi connectivity index (χ0v) is 15.4. The van der Waals surface area contributed by atoms with E-state index >= 15 is 0 Å². The maximum absolute atomic E-state index is 12.5. The van der Waals surface area contributed by atoms with Gasteiger partial charge in [-0.25, -0.2) is 4.79 Å². The summed E-state index contributed by atoms with van der Waals surface area (Å²) in [5.41, 5.74) is 2.31. The molecule has 0 aliphatic rings. The van der Waals surface area contributed by atoms with Gasteiger partial charge in [-0.15, -0.1) is 0 Å². The van der Waals surface area contributed by atoms with Crippen LogP contribution in [0.25, 0.3) is 0 Å². The molecule has 25 heavy (non-hydrogen) atoms. The van der Waals surface area contributed by atoms with E-state index in [1.54, 1.807) is 0 Å². The molecule has 134 valence electrons. The highest BCUT2D eigenvalue weighted by Gasteiger charge is 2.16. The van der Waals surface area contributed by atoms with Gasteiger partial charge in [-0.3, -0.25) is 0 Å². The lowest BCUT2D eigenvalue weighted by molar-refractivity contribution is 0.177. The molecule has 0 unspecified atom stereocenters. The molecule has 0 aliphatic heterocycles. The molecule has 4 heteroatoms. The molecule has 0 saturated heterocycles. The first-order valence-corrected chi connectivity index (χ1v) is 8.91. The third kappa shape index (κ3) is 5.82. The molecule has 0 fully saturated rings. The summed E-state index contributed by atoms with van der Waals surface area (Å²) in [5, 5.41) is 2.95. The third-order valence-corrected chi connectivity index (χ3v) is 4.07. The van der Waals surface area contributed by atoms with E-state index in [0.29, 0.717) is 19.7 Å². The Balaban J connectivity index is 1.83. The Morgan fingerprint density at radius 2 is 1.76 bits per heavy atom. The first kappa shape index (κ1) is 18.8. The quantitative estimate of drug-likeness (QED) is 0.730. The van der Waals surface area contributed by atoms with E-state index in [1.165, 1.54) is 5.56 Å². The molecule has 2 rings (SSSR count). The predicted octanol–water partition coefficient (Wildman–Crippen LogP) is 4.25. The third-order valence-electron chi connectivity index (χ3n) is 4.07. The van der Waals surface area contributed by atoms with Crippen molar-refractivity contribution in [2.45, 2.75) is 39.8 Å². The number of carbonyl (C=O) groups is 1. The van der Waals surface area contributed by atoms with Crippen molar-refractivity contribution in [1.82, 2.24) is 10.2 Å². The average Bonchev–Trinajstić information content (AvgIpc) is 2.64. The fraction of sp³-hybridized carbons (Fsp3) is 0.381. The lowest BCUT2D eigenvalue weighted by Crippen LogP contribution is -2.44. The molecule has 0 bridgehead atoms. The maximum atomic E-state index is 12.5. The summed E-state index contributed by atoms with van der Waals surface area (Å²) in [6, 6.07) is 18.1. The van der Waals surface area contributed by atoms with Crippen molar-refractivity contribution in [2.24, 2.45) is 0 Å². The number of nitrogens with one attached hydrogen (secondary N) is 1. The highest BCUT2D eigenvalue weighted by atomic mass is 16.5. The van der Waals surface area contributed by atoms with Gasteiger partial charge in [0.15, 0.2) is 0 Å². The summed E-state index contributed by atoms with van der Waals surface area (Å²) < 4.78 is 5.80. The number of carbonyl (C=O) groups excluding carboxylic acids is 1. The van der Waals surface area contributed by atoms with Gasteiger partial charge < -0.3 is 15.0 Å². The molecule has 1 N–H and O–H groups in total. The van der Waals surface area contributed by atoms with Gasteiger partial charge >= 0.3 is 6.03 Å². The molecule has 2 aromatic rings. The fourth-order valence-corrected chi connectivity index (χ4v) is 2.63. The second-order valence-corrected chi connectivity index (χ2v) is 6.25. The molecule has 2 amide bonds. The van der Waals surface area contributed by atoms with Gasteiger partial charge in [0.25, 0.3) is 0 Å². The maximum Gasteiger partial charge on any atom is 0.318 e. The van der Waals surface area contributed by atoms with Crippen molar-refractivity contribution in [3.63, 3.8) is 0 Å². The van der Waals surface area contributed by atoms with E-state index in [9.17, 15) is 4.79 Å². The number of benzene rings is 2. The van der Waals surface area contributed by atoms with Gasteiger partial charge in [-0.05, 0) is 37.5 Å². The average molecular weight is 340 g/mol. The Kier molecular flexibility index (Phi) is 7.33. The Hall–Kier alpha value is -2.49. The first-order valence-electron chi connectivity index (χ1n) is 8.91. The van der Waals surface area contributed by atoms with Crippen LogP contribution in [0.3, 0.4) is 0 Å². The SMILES string of the molecule is CCc1ccccc1OCCNC(=O)N(Cc1ccccc1)C(C)C. The molecule has 0 radical (unpaired) electrons. The first-order chi connectivity index (χ1) is 12.1. The highest BCUT2D eigenvalue weighted by molar-refractivity contribution is 5.74. The molecular weight excluding hydrogens is 312 g/mol. The second kappa shape index (κ2) is 9.72. The van der Waals surface area contributed by atoms with Gasteiger partial charge in [0.1, 0.15) is 12.4 Å². The van der Waals surface area contributed by atoms with E-state index < -0.39 is 0 Å². The van der Waals surface area contributed by atoms with Crippen molar-refractivity contribution < 1.29 is 9.53 Å². The number of nitrogens with zero attached hydrogens (tertiary/aromatic N) is 1. The lowest BCUT2D eigenvalue weighted by Gasteiger charge is -2.27. The van der Waals surface area contributed by atoms with Gasteiger partial charge in [0.2, 0.25) is 0 Å². The standard InChI is InChI=1S/C21H28N2O2/c1-4-19-12-8-9-13-20(19)25-15-14-22-21(24)23(17(2)3)16-18-10-6-5-7-11-18/h5-13,17H,4,14-16H2,1-3H3,(H,22,24). The zero-order valence-electron chi connectivity index (χ0n) is 15.4. The van der Waals surface area contributed by atoms with Crippen LogP contribution in [0.15, 0.2) is 54.6 Å². The Morgan fingerprint density at radius 3 is 2.44 bits per heavy atom. The molecule has 0 aliphatic carbocycles. The van der Waals surface area contributed by atoms with E-state index in [0.717, 1.165) is 17.7 Å². The van der Waals surface area contributed by atoms with Crippen LogP contribution in [0.5, 0.6) is 5.75 Å². The highest BCUT2D eigenvalue weighted by Crippen LogP contribution is 2.17. The minimum Gasteiger partial charge on any atom is -0.491 e. The number of aryl methyl sites for hydroxylation is 1. The van der Waals surface area contributed by atoms with Crippen molar-refractivity contribution in [3.05, 3.63) is 65.7 Å². The molecule has 0 heterocycles. The minimum absolute atomic E-state index is 0.0637. The van der Waals surface area contributed by atoms with E-state index in [1.807, 2.05) is 67.3 Å². The minimum atomic E-state index is -0.0637. The van der Waals surface area contributed by atoms with Crippen molar-refractivity contribution >= 4 is 6.03 Å². The molecular formula is C21H28N2O2. The predicted molar refractivity (Wildman–Crippen MR) is 102 cm³/mol. The van der Waals surface area contributed by atoms with Gasteiger partial charge in [-0.1, -0.05) is 55.5 Å². The van der Waals surface area contributed by atoms with E-state index in [-0.39, 0.29) is 12.1 Å². The van der Waals surface area contributed by atoms with Crippen molar-refractivity contribution in [3.8, 4) is 5.75 Å². The number of amides is 2. The van der Waals surface area contributed by atoms with Crippen LogP contribution in [0, 0.1) is 0 Å². The molecule has 0 spiro atoms. The topological polar surface area (TPSA) is 41.6 Å². The summed E-state index contributed by atoms with van der Waals surface area (Å²) in [6.45, 7) is 7.69. The van der Waals surface area contributed by atoms with Crippen LogP contribution < -0.4 is 10.1 Å². The number of hydrogen-bond donors (Lipinski definition) is 1. The van der Waals surface area contributed by atoms with Gasteiger partial charge in [0, 0.05) is 12.6 Å². The lowest BCUT2D eigenvalue weighted by atomic mass is 10.1. The summed E-state index contributed by atoms with van der Waals surface area (Å²) in [6.07, 6.45) is 0.931. The van der Waals surface area contributed by atoms with Gasteiger partial charge in [-0.2, -0.15) is 0 Å². The Labute approximate surface area is 150 Å².